The minimum Gasteiger partial charge on any atom is -0.545 e. The molecule has 0 aliphatic carbocycles. The summed E-state index contributed by atoms with van der Waals surface area (Å²) in [6.45, 7) is 4.45. The minimum atomic E-state index is -1.64. The zero-order valence-corrected chi connectivity index (χ0v) is 45.5. The number of unbranched alkanes of at least 4 members (excludes halogenated alkanes) is 14. The summed E-state index contributed by atoms with van der Waals surface area (Å²) in [5, 5.41) is 11.8. The summed E-state index contributed by atoms with van der Waals surface area (Å²) >= 11 is 0. The van der Waals surface area contributed by atoms with E-state index >= 15 is 0 Å². The first-order valence-corrected chi connectivity index (χ1v) is 27.7. The third-order valence-electron chi connectivity index (χ3n) is 11.2. The zero-order valence-electron chi connectivity index (χ0n) is 45.5. The number of nitrogens with zero attached hydrogens (tertiary/aromatic N) is 1. The van der Waals surface area contributed by atoms with Crippen LogP contribution in [-0.2, 0) is 33.3 Å². The van der Waals surface area contributed by atoms with Crippen LogP contribution in [0.1, 0.15) is 194 Å². The molecule has 0 bridgehead atoms. The molecule has 0 rings (SSSR count). The van der Waals surface area contributed by atoms with E-state index in [1.54, 1.807) is 0 Å². The van der Waals surface area contributed by atoms with Crippen LogP contribution in [0.15, 0.2) is 122 Å². The average molecular weight is 988 g/mol. The number of aliphatic carboxylic acids is 1. The van der Waals surface area contributed by atoms with E-state index in [4.69, 9.17) is 18.9 Å². The van der Waals surface area contributed by atoms with Crippen molar-refractivity contribution in [1.29, 1.82) is 0 Å². The fraction of sp³-hybridized carbons (Fsp3) is 0.629. The molecule has 0 radical (unpaired) electrons. The van der Waals surface area contributed by atoms with Gasteiger partial charge in [0.05, 0.1) is 40.3 Å². The van der Waals surface area contributed by atoms with Gasteiger partial charge in [-0.1, -0.05) is 200 Å². The number of likely N-dealkylation sites (N-methyl/N-ethyl adjacent to an activating group) is 1. The fourth-order valence-electron chi connectivity index (χ4n) is 7.00. The molecule has 9 heteroatoms. The summed E-state index contributed by atoms with van der Waals surface area (Å²) < 4.78 is 22.6. The topological polar surface area (TPSA) is 111 Å². The molecule has 402 valence electrons. The van der Waals surface area contributed by atoms with Gasteiger partial charge in [-0.2, -0.15) is 0 Å². The normalized spacial score (nSPS) is 13.8. The Hall–Kier alpha value is -4.31. The highest BCUT2D eigenvalue weighted by molar-refractivity contribution is 5.70. The SMILES string of the molecule is CC/C=C\C/C=C\C/C=C\C/C=C\C/C=C\C/C=C\CCCCC(=O)OC(COC(=O)CCCCCCCCCCCCCC/C=C\C/C=C\C/C=C\C/C=C\CC)COC(OCC[N+](C)(C)C)C(=O)[O-]. The second-order valence-corrected chi connectivity index (χ2v) is 19.1. The highest BCUT2D eigenvalue weighted by Crippen LogP contribution is 2.14. The first-order chi connectivity index (χ1) is 34.6. The van der Waals surface area contributed by atoms with Crippen molar-refractivity contribution in [1.82, 2.24) is 0 Å². The Morgan fingerprint density at radius 3 is 1.15 bits per heavy atom. The van der Waals surface area contributed by atoms with Gasteiger partial charge >= 0.3 is 11.9 Å². The number of carbonyl (C=O) groups excluding carboxylic acids is 3. The summed E-state index contributed by atoms with van der Waals surface area (Å²) in [5.41, 5.74) is 0. The van der Waals surface area contributed by atoms with Crippen molar-refractivity contribution >= 4 is 17.9 Å². The average Bonchev–Trinajstić information content (AvgIpc) is 3.34. The first-order valence-electron chi connectivity index (χ1n) is 27.7. The van der Waals surface area contributed by atoms with Gasteiger partial charge in [0.1, 0.15) is 13.2 Å². The van der Waals surface area contributed by atoms with E-state index in [-0.39, 0.29) is 38.6 Å². The summed E-state index contributed by atoms with van der Waals surface area (Å²) in [4.78, 5) is 37.2. The van der Waals surface area contributed by atoms with E-state index in [1.807, 2.05) is 21.1 Å². The Morgan fingerprint density at radius 1 is 0.423 bits per heavy atom. The molecule has 71 heavy (non-hydrogen) atoms. The molecule has 0 N–H and O–H groups in total. The lowest BCUT2D eigenvalue weighted by molar-refractivity contribution is -0.870. The van der Waals surface area contributed by atoms with Crippen molar-refractivity contribution in [3.63, 3.8) is 0 Å². The second kappa shape index (κ2) is 52.0. The third kappa shape index (κ3) is 53.3. The predicted octanol–water partition coefficient (Wildman–Crippen LogP) is 14.8. The maximum Gasteiger partial charge on any atom is 0.306 e. The largest absolute Gasteiger partial charge is 0.545 e. The first kappa shape index (κ1) is 66.7. The molecular weight excluding hydrogens is 887 g/mol. The minimum absolute atomic E-state index is 0.132. The standard InChI is InChI=1S/C62H101NO8/c1-6-8-10-12-14-16-18-20-22-24-26-28-29-30-31-33-34-36-38-40-42-44-46-48-50-52-59(64)69-56-58(57-70-62(61(66)67)68-55-54-63(3,4)5)71-60(65)53-51-49-47-45-43-41-39-37-35-32-27-25-23-21-19-17-15-13-11-9-7-2/h8-11,14-17,20-23,26-28,32,37,39,43,45,58,62H,6-7,12-13,18-19,24-25,29-31,33-36,38,40-42,44,46-57H2,1-5H3/b10-8-,11-9-,16-14-,17-15-,22-20-,23-21-,28-26-,32-27-,39-37-,45-43-. The van der Waals surface area contributed by atoms with Crippen molar-refractivity contribution < 1.29 is 42.9 Å². The number of allylic oxidation sites excluding steroid dienone is 20. The van der Waals surface area contributed by atoms with Gasteiger partial charge in [-0.25, -0.2) is 0 Å². The number of esters is 2. The van der Waals surface area contributed by atoms with Gasteiger partial charge in [0, 0.05) is 12.8 Å². The molecule has 9 nitrogen and oxygen atoms in total. The molecule has 0 aromatic carbocycles. The van der Waals surface area contributed by atoms with Crippen LogP contribution in [-0.4, -0.2) is 82.3 Å². The van der Waals surface area contributed by atoms with E-state index in [9.17, 15) is 19.5 Å². The smallest absolute Gasteiger partial charge is 0.306 e. The quantitative estimate of drug-likeness (QED) is 0.0195. The molecule has 0 aromatic rings. The molecule has 2 atom stereocenters. The number of carboxylic acid groups (broad SMARTS) is 1. The molecule has 0 aromatic heterocycles. The van der Waals surface area contributed by atoms with Gasteiger partial charge in [-0.05, 0) is 103 Å². The van der Waals surface area contributed by atoms with Crippen LogP contribution < -0.4 is 5.11 Å². The van der Waals surface area contributed by atoms with Crippen LogP contribution in [0.3, 0.4) is 0 Å². The summed E-state index contributed by atoms with van der Waals surface area (Å²) in [5.74, 6) is -2.36. The number of rotatable bonds is 49. The maximum absolute atomic E-state index is 12.8. The van der Waals surface area contributed by atoms with Crippen LogP contribution >= 0.6 is 0 Å². The highest BCUT2D eigenvalue weighted by Gasteiger charge is 2.21. The molecule has 0 aliphatic heterocycles. The Balaban J connectivity index is 4.37. The molecule has 0 saturated carbocycles. The van der Waals surface area contributed by atoms with E-state index in [0.717, 1.165) is 103 Å². The van der Waals surface area contributed by atoms with E-state index in [0.29, 0.717) is 17.4 Å². The van der Waals surface area contributed by atoms with E-state index in [2.05, 4.69) is 135 Å². The lowest BCUT2D eigenvalue weighted by atomic mass is 10.0. The van der Waals surface area contributed by atoms with Gasteiger partial charge in [0.15, 0.2) is 12.4 Å². The van der Waals surface area contributed by atoms with Crippen molar-refractivity contribution in [2.75, 3.05) is 47.5 Å². The number of carbonyl (C=O) groups is 3. The Labute approximate surface area is 434 Å². The second-order valence-electron chi connectivity index (χ2n) is 19.1. The van der Waals surface area contributed by atoms with E-state index in [1.165, 1.54) is 57.8 Å². The van der Waals surface area contributed by atoms with Crippen molar-refractivity contribution in [2.24, 2.45) is 0 Å². The Kier molecular flexibility index (Phi) is 48.9. The third-order valence-corrected chi connectivity index (χ3v) is 11.2. The Morgan fingerprint density at radius 2 is 0.761 bits per heavy atom. The van der Waals surface area contributed by atoms with Crippen LogP contribution in [0.2, 0.25) is 0 Å². The molecule has 0 saturated heterocycles. The lowest BCUT2D eigenvalue weighted by Crippen LogP contribution is -2.44. The van der Waals surface area contributed by atoms with Crippen LogP contribution in [0, 0.1) is 0 Å². The predicted molar refractivity (Wildman–Crippen MR) is 296 cm³/mol. The molecule has 0 heterocycles. The van der Waals surface area contributed by atoms with Gasteiger partial charge < -0.3 is 33.3 Å². The molecule has 2 unspecified atom stereocenters. The van der Waals surface area contributed by atoms with Crippen molar-refractivity contribution in [3.8, 4) is 0 Å². The monoisotopic (exact) mass is 988 g/mol. The number of ether oxygens (including phenoxy) is 4. The summed E-state index contributed by atoms with van der Waals surface area (Å²) in [6, 6.07) is 0. The zero-order chi connectivity index (χ0) is 52.0. The van der Waals surface area contributed by atoms with Crippen molar-refractivity contribution in [2.45, 2.75) is 206 Å². The highest BCUT2D eigenvalue weighted by atomic mass is 16.7. The van der Waals surface area contributed by atoms with Crippen molar-refractivity contribution in [3.05, 3.63) is 122 Å². The summed E-state index contributed by atoms with van der Waals surface area (Å²) in [7, 11) is 5.89. The van der Waals surface area contributed by atoms with Gasteiger partial charge in [-0.3, -0.25) is 9.59 Å². The van der Waals surface area contributed by atoms with Crippen LogP contribution in [0.25, 0.3) is 0 Å². The summed E-state index contributed by atoms with van der Waals surface area (Å²) in [6.07, 6.45) is 69.6. The van der Waals surface area contributed by atoms with Gasteiger partial charge in [-0.15, -0.1) is 0 Å². The molecular formula is C62H101NO8. The number of hydrogen-bond donors (Lipinski definition) is 0. The number of hydrogen-bond acceptors (Lipinski definition) is 8. The molecule has 0 aliphatic rings. The van der Waals surface area contributed by atoms with Crippen LogP contribution in [0.4, 0.5) is 0 Å². The van der Waals surface area contributed by atoms with Crippen LogP contribution in [0.5, 0.6) is 0 Å². The lowest BCUT2D eigenvalue weighted by Gasteiger charge is -2.26. The molecule has 0 fully saturated rings. The molecule has 0 spiro atoms. The molecule has 0 amide bonds. The maximum atomic E-state index is 12.8. The van der Waals surface area contributed by atoms with E-state index < -0.39 is 24.3 Å². The van der Waals surface area contributed by atoms with Gasteiger partial charge in [0.25, 0.3) is 0 Å². The van der Waals surface area contributed by atoms with Gasteiger partial charge in [0.2, 0.25) is 0 Å². The fourth-order valence-corrected chi connectivity index (χ4v) is 7.00. The number of carboxylic acids is 1. The Bertz CT molecular complexity index is 1570. The number of quaternary nitrogens is 1.